The lowest BCUT2D eigenvalue weighted by Crippen LogP contribution is -2.44. The molecule has 6 nitrogen and oxygen atoms in total. The first-order valence-electron chi connectivity index (χ1n) is 10.6. The molecular weight excluding hydrogens is 418 g/mol. The van der Waals surface area contributed by atoms with Gasteiger partial charge in [-0.1, -0.05) is 6.07 Å². The van der Waals surface area contributed by atoms with Gasteiger partial charge in [-0.3, -0.25) is 4.79 Å². The Balaban J connectivity index is 1.51. The number of nitrogens with zero attached hydrogens (tertiary/aromatic N) is 1. The van der Waals surface area contributed by atoms with Gasteiger partial charge < -0.3 is 24.4 Å². The molecule has 1 N–H and O–H groups in total. The Morgan fingerprint density at radius 3 is 2.50 bits per heavy atom. The fourth-order valence-electron chi connectivity index (χ4n) is 3.59. The number of hydrogen-bond acceptors (Lipinski definition) is 5. The van der Waals surface area contributed by atoms with E-state index in [9.17, 15) is 13.6 Å². The van der Waals surface area contributed by atoms with Crippen LogP contribution in [0.1, 0.15) is 25.3 Å². The Morgan fingerprint density at radius 2 is 1.88 bits per heavy atom. The molecule has 2 aromatic carbocycles. The van der Waals surface area contributed by atoms with Crippen LogP contribution in [0.3, 0.4) is 0 Å². The first kappa shape index (κ1) is 23.4. The van der Waals surface area contributed by atoms with Crippen LogP contribution < -0.4 is 24.4 Å². The van der Waals surface area contributed by atoms with Crippen LogP contribution >= 0.6 is 0 Å². The Hall–Kier alpha value is -3.29. The molecule has 1 fully saturated rings. The predicted octanol–water partition coefficient (Wildman–Crippen LogP) is 4.49. The number of halogens is 2. The number of hydrogen-bond donors (Lipinski definition) is 1. The lowest BCUT2D eigenvalue weighted by molar-refractivity contribution is -0.117. The largest absolute Gasteiger partial charge is 0.497 e. The fourth-order valence-corrected chi connectivity index (χ4v) is 3.59. The number of carbonyl (C=O) groups is 1. The molecule has 0 unspecified atom stereocenters. The highest BCUT2D eigenvalue weighted by molar-refractivity contribution is 5.92. The second-order valence-electron chi connectivity index (χ2n) is 7.32. The molecule has 0 saturated carbocycles. The van der Waals surface area contributed by atoms with Gasteiger partial charge >= 0.3 is 6.61 Å². The molecule has 3 rings (SSSR count). The Kier molecular flexibility index (Phi) is 8.30. The van der Waals surface area contributed by atoms with Gasteiger partial charge in [0.05, 0.1) is 13.7 Å². The second kappa shape index (κ2) is 11.4. The van der Waals surface area contributed by atoms with Crippen molar-refractivity contribution in [3.8, 4) is 17.2 Å². The molecule has 0 atom stereocenters. The highest BCUT2D eigenvalue weighted by atomic mass is 19.3. The summed E-state index contributed by atoms with van der Waals surface area (Å²) in [7, 11) is 1.65. The van der Waals surface area contributed by atoms with E-state index in [0.29, 0.717) is 12.2 Å². The van der Waals surface area contributed by atoms with Crippen LogP contribution in [0.4, 0.5) is 14.5 Å². The number of rotatable bonds is 9. The smallest absolute Gasteiger partial charge is 0.387 e. The molecule has 1 saturated heterocycles. The van der Waals surface area contributed by atoms with Crippen LogP contribution in [0.25, 0.3) is 6.08 Å². The van der Waals surface area contributed by atoms with Crippen molar-refractivity contribution in [2.75, 3.05) is 31.7 Å². The van der Waals surface area contributed by atoms with Crippen molar-refractivity contribution in [2.24, 2.45) is 0 Å². The zero-order chi connectivity index (χ0) is 22.9. The molecule has 32 heavy (non-hydrogen) atoms. The number of nitrogens with one attached hydrogen (secondary N) is 1. The molecule has 0 aromatic heterocycles. The molecule has 8 heteroatoms. The summed E-state index contributed by atoms with van der Waals surface area (Å²) in [6.07, 6.45) is 4.75. The van der Waals surface area contributed by atoms with Crippen molar-refractivity contribution in [1.29, 1.82) is 0 Å². The standard InChI is InChI=1S/C24H28F2N2O4/c1-3-31-22-16-17(4-10-21(22)32-24(25)26)5-11-23(29)27-18-12-14-28(15-13-18)19-6-8-20(30-2)9-7-19/h4-11,16,18,24H,3,12-15H2,1-2H3,(H,27,29)/b11-5+. The first-order chi connectivity index (χ1) is 15.5. The van der Waals surface area contributed by atoms with Gasteiger partial charge in [0.25, 0.3) is 0 Å². The van der Waals surface area contributed by atoms with Gasteiger partial charge in [-0.25, -0.2) is 0 Å². The average Bonchev–Trinajstić information content (AvgIpc) is 2.80. The van der Waals surface area contributed by atoms with Gasteiger partial charge in [0, 0.05) is 30.9 Å². The minimum atomic E-state index is -2.93. The number of benzene rings is 2. The molecule has 172 valence electrons. The molecule has 1 heterocycles. The minimum absolute atomic E-state index is 0.0351. The average molecular weight is 446 g/mol. The zero-order valence-corrected chi connectivity index (χ0v) is 18.2. The highest BCUT2D eigenvalue weighted by Gasteiger charge is 2.20. The summed E-state index contributed by atoms with van der Waals surface area (Å²) in [4.78, 5) is 14.6. The molecule has 0 spiro atoms. The van der Waals surface area contributed by atoms with Gasteiger partial charge in [-0.2, -0.15) is 8.78 Å². The van der Waals surface area contributed by atoms with Crippen LogP contribution in [0, 0.1) is 0 Å². The van der Waals surface area contributed by atoms with E-state index in [1.165, 1.54) is 12.1 Å². The first-order valence-corrected chi connectivity index (χ1v) is 10.6. The van der Waals surface area contributed by atoms with E-state index in [0.717, 1.165) is 37.4 Å². The van der Waals surface area contributed by atoms with E-state index in [2.05, 4.69) is 15.0 Å². The minimum Gasteiger partial charge on any atom is -0.497 e. The third-order valence-corrected chi connectivity index (χ3v) is 5.19. The van der Waals surface area contributed by atoms with Crippen molar-refractivity contribution in [3.63, 3.8) is 0 Å². The van der Waals surface area contributed by atoms with E-state index in [1.54, 1.807) is 32.2 Å². The van der Waals surface area contributed by atoms with Crippen LogP contribution in [0.15, 0.2) is 48.5 Å². The van der Waals surface area contributed by atoms with Gasteiger partial charge in [0.2, 0.25) is 5.91 Å². The maximum absolute atomic E-state index is 12.5. The van der Waals surface area contributed by atoms with E-state index in [4.69, 9.17) is 9.47 Å². The number of anilines is 1. The molecule has 1 aliphatic rings. The summed E-state index contributed by atoms with van der Waals surface area (Å²) < 4.78 is 40.1. The SMILES string of the molecule is CCOc1cc(/C=C/C(=O)NC2CCN(c3ccc(OC)cc3)CC2)ccc1OC(F)F. The number of ether oxygens (including phenoxy) is 3. The number of carbonyl (C=O) groups excluding carboxylic acids is 1. The maximum atomic E-state index is 12.5. The van der Waals surface area contributed by atoms with Crippen molar-refractivity contribution in [3.05, 3.63) is 54.1 Å². The van der Waals surface area contributed by atoms with Crippen LogP contribution in [-0.4, -0.2) is 45.4 Å². The third-order valence-electron chi connectivity index (χ3n) is 5.19. The van der Waals surface area contributed by atoms with Crippen molar-refractivity contribution in [2.45, 2.75) is 32.4 Å². The highest BCUT2D eigenvalue weighted by Crippen LogP contribution is 2.30. The zero-order valence-electron chi connectivity index (χ0n) is 18.2. The summed E-state index contributed by atoms with van der Waals surface area (Å²) in [6.45, 7) is 0.830. The lowest BCUT2D eigenvalue weighted by atomic mass is 10.0. The van der Waals surface area contributed by atoms with Crippen molar-refractivity contribution in [1.82, 2.24) is 5.32 Å². The number of piperidine rings is 1. The van der Waals surface area contributed by atoms with Crippen molar-refractivity contribution >= 4 is 17.7 Å². The van der Waals surface area contributed by atoms with Gasteiger partial charge in [-0.15, -0.1) is 0 Å². The molecule has 0 aliphatic carbocycles. The summed E-state index contributed by atoms with van der Waals surface area (Å²) in [5, 5.41) is 3.03. The lowest BCUT2D eigenvalue weighted by Gasteiger charge is -2.33. The number of alkyl halides is 2. The van der Waals surface area contributed by atoms with Gasteiger partial charge in [0.1, 0.15) is 5.75 Å². The van der Waals surface area contributed by atoms with Crippen LogP contribution in [0.2, 0.25) is 0 Å². The summed E-state index contributed by atoms with van der Waals surface area (Å²) in [5.41, 5.74) is 1.79. The molecule has 1 amide bonds. The molecular formula is C24H28F2N2O4. The van der Waals surface area contributed by atoms with Gasteiger partial charge in [-0.05, 0) is 67.8 Å². The molecule has 0 bridgehead atoms. The Labute approximate surface area is 186 Å². The molecule has 0 radical (unpaired) electrons. The normalized spacial score (nSPS) is 14.6. The fraction of sp³-hybridized carbons (Fsp3) is 0.375. The molecule has 1 aliphatic heterocycles. The second-order valence-corrected chi connectivity index (χ2v) is 7.32. The quantitative estimate of drug-likeness (QED) is 0.575. The van der Waals surface area contributed by atoms with Crippen LogP contribution in [0.5, 0.6) is 17.2 Å². The third kappa shape index (κ3) is 6.60. The van der Waals surface area contributed by atoms with E-state index in [-0.39, 0.29) is 23.4 Å². The summed E-state index contributed by atoms with van der Waals surface area (Å²) in [6, 6.07) is 12.6. The van der Waals surface area contributed by atoms with E-state index < -0.39 is 6.61 Å². The topological polar surface area (TPSA) is 60.0 Å². The predicted molar refractivity (Wildman–Crippen MR) is 120 cm³/mol. The summed E-state index contributed by atoms with van der Waals surface area (Å²) in [5.74, 6) is 0.805. The van der Waals surface area contributed by atoms with Gasteiger partial charge in [0.15, 0.2) is 11.5 Å². The maximum Gasteiger partial charge on any atom is 0.387 e. The Bertz CT molecular complexity index is 911. The van der Waals surface area contributed by atoms with E-state index in [1.807, 2.05) is 24.3 Å². The van der Waals surface area contributed by atoms with E-state index >= 15 is 0 Å². The monoisotopic (exact) mass is 446 g/mol. The van der Waals surface area contributed by atoms with Crippen molar-refractivity contribution < 1.29 is 27.8 Å². The molecule has 2 aromatic rings. The number of amides is 1. The Morgan fingerprint density at radius 1 is 1.16 bits per heavy atom. The van der Waals surface area contributed by atoms with Crippen LogP contribution in [-0.2, 0) is 4.79 Å². The number of methoxy groups -OCH3 is 1. The summed E-state index contributed by atoms with van der Waals surface area (Å²) >= 11 is 0.